The van der Waals surface area contributed by atoms with E-state index in [0.29, 0.717) is 26.2 Å². The maximum absolute atomic E-state index is 14.0. The summed E-state index contributed by atoms with van der Waals surface area (Å²) in [4.78, 5) is 0.0206. The molecule has 0 radical (unpaired) electrons. The molecule has 13 heteroatoms. The standard InChI is InChI=1S/C16H24BrCl4N2O4PS/c17-15-1-3-16(4-2-15)29(25,26)27-13-14-28(24,22(9-5-18)10-6-19)23(11-7-20)12-8-21/h1-4H,5-14H2. The van der Waals surface area contributed by atoms with Crippen molar-refractivity contribution in [2.45, 2.75) is 4.90 Å². The lowest BCUT2D eigenvalue weighted by atomic mass is 10.4. The molecule has 6 nitrogen and oxygen atoms in total. The fourth-order valence-electron chi connectivity index (χ4n) is 2.64. The highest BCUT2D eigenvalue weighted by atomic mass is 79.9. The zero-order valence-electron chi connectivity index (χ0n) is 15.7. The van der Waals surface area contributed by atoms with Crippen molar-refractivity contribution in [2.24, 2.45) is 0 Å². The molecular weight excluding hydrogens is 569 g/mol. The van der Waals surface area contributed by atoms with Crippen LogP contribution in [0.15, 0.2) is 33.6 Å². The van der Waals surface area contributed by atoms with E-state index in [4.69, 9.17) is 50.6 Å². The first-order chi connectivity index (χ1) is 13.7. The van der Waals surface area contributed by atoms with E-state index in [0.717, 1.165) is 4.47 Å². The minimum atomic E-state index is -3.98. The number of hydrogen-bond acceptors (Lipinski definition) is 4. The molecule has 0 bridgehead atoms. The Morgan fingerprint density at radius 2 is 1.28 bits per heavy atom. The topological polar surface area (TPSA) is 66.9 Å². The van der Waals surface area contributed by atoms with Crippen LogP contribution in [0.1, 0.15) is 0 Å². The van der Waals surface area contributed by atoms with Crippen LogP contribution in [0.3, 0.4) is 0 Å². The Labute approximate surface area is 201 Å². The maximum atomic E-state index is 14.0. The van der Waals surface area contributed by atoms with Crippen LogP contribution in [-0.2, 0) is 18.9 Å². The number of benzene rings is 1. The summed E-state index contributed by atoms with van der Waals surface area (Å²) in [5.41, 5.74) is 0. The minimum Gasteiger partial charge on any atom is -0.289 e. The summed E-state index contributed by atoms with van der Waals surface area (Å²) < 4.78 is 48.1. The Morgan fingerprint density at radius 3 is 1.66 bits per heavy atom. The predicted octanol–water partition coefficient (Wildman–Crippen LogP) is 4.91. The smallest absolute Gasteiger partial charge is 0.289 e. The van der Waals surface area contributed by atoms with Crippen molar-refractivity contribution in [1.29, 1.82) is 0 Å². The van der Waals surface area contributed by atoms with Gasteiger partial charge in [0.25, 0.3) is 10.1 Å². The predicted molar refractivity (Wildman–Crippen MR) is 126 cm³/mol. The lowest BCUT2D eigenvalue weighted by Gasteiger charge is -2.38. The Kier molecular flexibility index (Phi) is 13.6. The molecule has 168 valence electrons. The molecule has 1 aromatic rings. The molecule has 0 heterocycles. The molecule has 0 unspecified atom stereocenters. The third-order valence-corrected chi connectivity index (χ3v) is 9.84. The van der Waals surface area contributed by atoms with Gasteiger partial charge in [-0.15, -0.1) is 46.4 Å². The number of halogens is 5. The summed E-state index contributed by atoms with van der Waals surface area (Å²) in [6, 6.07) is 6.07. The van der Waals surface area contributed by atoms with Gasteiger partial charge in [-0.25, -0.2) is 9.34 Å². The second kappa shape index (κ2) is 14.1. The van der Waals surface area contributed by atoms with Gasteiger partial charge in [-0.1, -0.05) is 15.9 Å². The van der Waals surface area contributed by atoms with Gasteiger partial charge in [0, 0.05) is 54.2 Å². The number of hydrogen-bond donors (Lipinski definition) is 0. The van der Waals surface area contributed by atoms with Gasteiger partial charge in [0.1, 0.15) is 0 Å². The summed E-state index contributed by atoms with van der Waals surface area (Å²) in [6.07, 6.45) is -0.0374. The van der Waals surface area contributed by atoms with Gasteiger partial charge in [-0.3, -0.25) is 8.75 Å². The average Bonchev–Trinajstić information content (AvgIpc) is 2.67. The van der Waals surface area contributed by atoms with E-state index in [-0.39, 0.29) is 41.2 Å². The second-order valence-corrected chi connectivity index (χ2v) is 12.7. The molecule has 29 heavy (non-hydrogen) atoms. The first kappa shape index (κ1) is 28.0. The summed E-state index contributed by atoms with van der Waals surface area (Å²) in [7, 11) is -7.24. The summed E-state index contributed by atoms with van der Waals surface area (Å²) >= 11 is 26.8. The monoisotopic (exact) mass is 590 g/mol. The van der Waals surface area contributed by atoms with Gasteiger partial charge >= 0.3 is 0 Å². The highest BCUT2D eigenvalue weighted by Crippen LogP contribution is 2.52. The van der Waals surface area contributed by atoms with Crippen molar-refractivity contribution >= 4 is 79.9 Å². The van der Waals surface area contributed by atoms with Crippen LogP contribution in [-0.4, -0.2) is 80.2 Å². The van der Waals surface area contributed by atoms with Gasteiger partial charge in [0.05, 0.1) is 17.7 Å². The van der Waals surface area contributed by atoms with Gasteiger partial charge in [0.2, 0.25) is 7.44 Å². The third kappa shape index (κ3) is 8.76. The van der Waals surface area contributed by atoms with Crippen LogP contribution in [0.5, 0.6) is 0 Å². The lowest BCUT2D eigenvalue weighted by molar-refractivity contribution is 0.318. The first-order valence-corrected chi connectivity index (χ1v) is 14.9. The van der Waals surface area contributed by atoms with Crippen molar-refractivity contribution in [3.8, 4) is 0 Å². The summed E-state index contributed by atoms with van der Waals surface area (Å²) in [6.45, 7) is 1.04. The molecule has 0 aromatic heterocycles. The van der Waals surface area contributed by atoms with Crippen molar-refractivity contribution in [3.05, 3.63) is 28.7 Å². The fourth-order valence-corrected chi connectivity index (χ4v) is 8.12. The van der Waals surface area contributed by atoms with E-state index in [1.54, 1.807) is 21.5 Å². The van der Waals surface area contributed by atoms with E-state index in [9.17, 15) is 13.0 Å². The molecule has 0 aliphatic carbocycles. The second-order valence-electron chi connectivity index (χ2n) is 5.78. The SMILES string of the molecule is O=P(CCOS(=O)(=O)c1ccc(Br)cc1)(N(CCCl)CCCl)N(CCCl)CCCl. The molecular formula is C16H24BrCl4N2O4PS. The molecule has 0 saturated heterocycles. The van der Waals surface area contributed by atoms with E-state index >= 15 is 0 Å². The molecule has 0 aliphatic rings. The van der Waals surface area contributed by atoms with E-state index < -0.39 is 17.6 Å². The van der Waals surface area contributed by atoms with Crippen molar-refractivity contribution < 1.29 is 17.2 Å². The van der Waals surface area contributed by atoms with Crippen LogP contribution in [0.25, 0.3) is 0 Å². The molecule has 0 N–H and O–H groups in total. The van der Waals surface area contributed by atoms with Gasteiger partial charge < -0.3 is 0 Å². The zero-order chi connectivity index (χ0) is 21.9. The molecule has 1 rings (SSSR count). The van der Waals surface area contributed by atoms with E-state index in [1.165, 1.54) is 12.1 Å². The lowest BCUT2D eigenvalue weighted by Crippen LogP contribution is -2.38. The van der Waals surface area contributed by atoms with Gasteiger partial charge in [-0.2, -0.15) is 8.42 Å². The van der Waals surface area contributed by atoms with Crippen LogP contribution in [0, 0.1) is 0 Å². The molecule has 0 aliphatic heterocycles. The molecule has 0 atom stereocenters. The largest absolute Gasteiger partial charge is 0.296 e. The fraction of sp³-hybridized carbons (Fsp3) is 0.625. The highest BCUT2D eigenvalue weighted by molar-refractivity contribution is 9.10. The van der Waals surface area contributed by atoms with Crippen molar-refractivity contribution in [2.75, 3.05) is 62.5 Å². The minimum absolute atomic E-state index is 0.0206. The average molecular weight is 593 g/mol. The van der Waals surface area contributed by atoms with Crippen molar-refractivity contribution in [3.63, 3.8) is 0 Å². The molecule has 0 saturated carbocycles. The quantitative estimate of drug-likeness (QED) is 0.164. The van der Waals surface area contributed by atoms with Crippen LogP contribution >= 0.6 is 69.8 Å². The molecule has 1 aromatic carbocycles. The van der Waals surface area contributed by atoms with Crippen LogP contribution in [0.2, 0.25) is 0 Å². The van der Waals surface area contributed by atoms with E-state index in [1.807, 2.05) is 0 Å². The van der Waals surface area contributed by atoms with E-state index in [2.05, 4.69) is 15.9 Å². The third-order valence-electron chi connectivity index (χ3n) is 3.98. The number of nitrogens with zero attached hydrogens (tertiary/aromatic N) is 2. The Hall–Kier alpha value is 0.920. The summed E-state index contributed by atoms with van der Waals surface area (Å²) in [5, 5.41) is 0. The van der Waals surface area contributed by atoms with Crippen LogP contribution in [0.4, 0.5) is 0 Å². The van der Waals surface area contributed by atoms with Gasteiger partial charge in [-0.05, 0) is 24.3 Å². The number of alkyl halides is 4. The molecule has 0 amide bonds. The first-order valence-electron chi connectivity index (χ1n) is 8.74. The number of rotatable bonds is 15. The highest BCUT2D eigenvalue weighted by Gasteiger charge is 2.36. The maximum Gasteiger partial charge on any atom is 0.296 e. The molecule has 0 spiro atoms. The normalized spacial score (nSPS) is 12.8. The summed E-state index contributed by atoms with van der Waals surface area (Å²) in [5.74, 6) is 0.978. The Balaban J connectivity index is 3.04. The van der Waals surface area contributed by atoms with Gasteiger partial charge in [0.15, 0.2) is 0 Å². The molecule has 0 fully saturated rings. The van der Waals surface area contributed by atoms with Crippen LogP contribution < -0.4 is 0 Å². The Morgan fingerprint density at radius 1 is 0.862 bits per heavy atom. The zero-order valence-corrected chi connectivity index (χ0v) is 22.0. The Bertz CT molecular complexity index is 726. The van der Waals surface area contributed by atoms with Crippen molar-refractivity contribution in [1.82, 2.24) is 9.34 Å².